The number of unbranched alkanes of at least 4 members (excludes halogenated alkanes) is 6. The smallest absolute Gasteiger partial charge is 0.363 e. The first-order valence-electron chi connectivity index (χ1n) is 12.2. The third kappa shape index (κ3) is 8.08. The molecule has 0 unspecified atom stereocenters. The molecule has 1 heterocycles. The molecular formula is C28H35NO4. The average molecular weight is 450 g/mol. The maximum atomic E-state index is 12.3. The number of aliphatic imine (C=N–C) groups is 1. The lowest BCUT2D eigenvalue weighted by molar-refractivity contribution is -0.129. The van der Waals surface area contributed by atoms with Gasteiger partial charge in [0.05, 0.1) is 13.2 Å². The molecule has 0 aliphatic carbocycles. The average Bonchev–Trinajstić information content (AvgIpc) is 3.20. The van der Waals surface area contributed by atoms with Crippen LogP contribution in [0.4, 0.5) is 0 Å². The molecule has 0 atom stereocenters. The van der Waals surface area contributed by atoms with Crippen LogP contribution in [0.25, 0.3) is 6.08 Å². The van der Waals surface area contributed by atoms with Gasteiger partial charge in [0.25, 0.3) is 0 Å². The first-order valence-corrected chi connectivity index (χ1v) is 12.2. The van der Waals surface area contributed by atoms with Crippen LogP contribution in [-0.2, 0) is 9.53 Å². The van der Waals surface area contributed by atoms with Gasteiger partial charge in [0.1, 0.15) is 11.5 Å². The van der Waals surface area contributed by atoms with Gasteiger partial charge in [-0.15, -0.1) is 0 Å². The first-order chi connectivity index (χ1) is 16.2. The Balaban J connectivity index is 1.52. The highest BCUT2D eigenvalue weighted by Gasteiger charge is 2.24. The molecule has 2 aromatic carbocycles. The van der Waals surface area contributed by atoms with Crippen LogP contribution in [0.15, 0.2) is 59.2 Å². The Hall–Kier alpha value is -3.08. The Bertz CT molecular complexity index is 929. The molecule has 5 nitrogen and oxygen atoms in total. The number of nitrogens with zero attached hydrogens (tertiary/aromatic N) is 1. The fraction of sp³-hybridized carbons (Fsp3) is 0.429. The van der Waals surface area contributed by atoms with Crippen LogP contribution >= 0.6 is 0 Å². The largest absolute Gasteiger partial charge is 0.494 e. The zero-order chi connectivity index (χ0) is 23.3. The number of ether oxygens (including phenoxy) is 3. The van der Waals surface area contributed by atoms with E-state index in [1.807, 2.05) is 48.5 Å². The fourth-order valence-corrected chi connectivity index (χ4v) is 3.45. The van der Waals surface area contributed by atoms with Crippen molar-refractivity contribution in [2.24, 2.45) is 4.99 Å². The molecule has 0 radical (unpaired) electrons. The molecule has 5 heteroatoms. The minimum Gasteiger partial charge on any atom is -0.494 e. The van der Waals surface area contributed by atoms with Gasteiger partial charge in [0.2, 0.25) is 5.90 Å². The van der Waals surface area contributed by atoms with E-state index in [0.29, 0.717) is 12.5 Å². The lowest BCUT2D eigenvalue weighted by Gasteiger charge is -2.06. The zero-order valence-electron chi connectivity index (χ0n) is 19.8. The summed E-state index contributed by atoms with van der Waals surface area (Å²) in [6, 6.07) is 15.1. The van der Waals surface area contributed by atoms with Crippen molar-refractivity contribution in [3.63, 3.8) is 0 Å². The topological polar surface area (TPSA) is 57.1 Å². The summed E-state index contributed by atoms with van der Waals surface area (Å²) in [4.78, 5) is 16.7. The molecule has 33 heavy (non-hydrogen) atoms. The van der Waals surface area contributed by atoms with E-state index >= 15 is 0 Å². The van der Waals surface area contributed by atoms with Crippen molar-refractivity contribution in [2.75, 3.05) is 13.2 Å². The van der Waals surface area contributed by atoms with Crippen LogP contribution in [0.5, 0.6) is 11.5 Å². The summed E-state index contributed by atoms with van der Waals surface area (Å²) in [7, 11) is 0. The molecule has 0 aromatic heterocycles. The summed E-state index contributed by atoms with van der Waals surface area (Å²) in [6.07, 6.45) is 11.3. The van der Waals surface area contributed by atoms with Gasteiger partial charge in [0.15, 0.2) is 5.70 Å². The van der Waals surface area contributed by atoms with Crippen molar-refractivity contribution >= 4 is 17.9 Å². The highest BCUT2D eigenvalue weighted by molar-refractivity contribution is 6.12. The van der Waals surface area contributed by atoms with Crippen LogP contribution in [-0.4, -0.2) is 25.1 Å². The van der Waals surface area contributed by atoms with Gasteiger partial charge in [-0.3, -0.25) is 0 Å². The van der Waals surface area contributed by atoms with Crippen molar-refractivity contribution in [2.45, 2.75) is 65.2 Å². The predicted molar refractivity (Wildman–Crippen MR) is 133 cm³/mol. The summed E-state index contributed by atoms with van der Waals surface area (Å²) >= 11 is 0. The minimum absolute atomic E-state index is 0.286. The number of cyclic esters (lactones) is 1. The van der Waals surface area contributed by atoms with Crippen molar-refractivity contribution in [3.8, 4) is 11.5 Å². The second-order valence-electron chi connectivity index (χ2n) is 8.25. The van der Waals surface area contributed by atoms with Crippen molar-refractivity contribution in [1.82, 2.24) is 0 Å². The van der Waals surface area contributed by atoms with E-state index in [0.717, 1.165) is 48.5 Å². The molecule has 0 fully saturated rings. The second-order valence-corrected chi connectivity index (χ2v) is 8.25. The quantitative estimate of drug-likeness (QED) is 0.178. The molecule has 1 aliphatic rings. The molecule has 0 N–H and O–H groups in total. The Morgan fingerprint density at radius 2 is 1.33 bits per heavy atom. The molecule has 0 amide bonds. The van der Waals surface area contributed by atoms with Crippen LogP contribution < -0.4 is 9.47 Å². The maximum absolute atomic E-state index is 12.3. The third-order valence-electron chi connectivity index (χ3n) is 5.44. The number of hydrogen-bond donors (Lipinski definition) is 0. The van der Waals surface area contributed by atoms with E-state index in [4.69, 9.17) is 14.2 Å². The van der Waals surface area contributed by atoms with Gasteiger partial charge in [-0.1, -0.05) is 64.5 Å². The Kier molecular flexibility index (Phi) is 10.0. The second kappa shape index (κ2) is 13.5. The summed E-state index contributed by atoms with van der Waals surface area (Å²) in [5.41, 5.74) is 1.90. The van der Waals surface area contributed by atoms with Crippen LogP contribution in [0.1, 0.15) is 76.3 Å². The lowest BCUT2D eigenvalue weighted by Crippen LogP contribution is -2.05. The molecule has 1 aliphatic heterocycles. The molecule has 2 aromatic rings. The minimum atomic E-state index is -0.448. The normalized spacial score (nSPS) is 14.3. The number of hydrogen-bond acceptors (Lipinski definition) is 5. The van der Waals surface area contributed by atoms with E-state index in [-0.39, 0.29) is 5.70 Å². The van der Waals surface area contributed by atoms with E-state index in [9.17, 15) is 4.79 Å². The van der Waals surface area contributed by atoms with Gasteiger partial charge in [0, 0.05) is 5.56 Å². The van der Waals surface area contributed by atoms with Crippen molar-refractivity contribution in [3.05, 3.63) is 65.4 Å². The van der Waals surface area contributed by atoms with E-state index in [1.165, 1.54) is 32.1 Å². The Morgan fingerprint density at radius 1 is 0.758 bits per heavy atom. The zero-order valence-corrected chi connectivity index (χ0v) is 19.8. The lowest BCUT2D eigenvalue weighted by atomic mass is 10.1. The molecule has 0 bridgehead atoms. The van der Waals surface area contributed by atoms with Gasteiger partial charge in [-0.25, -0.2) is 9.79 Å². The summed E-state index contributed by atoms with van der Waals surface area (Å²) in [6.45, 7) is 5.78. The molecule has 0 spiro atoms. The van der Waals surface area contributed by atoms with Gasteiger partial charge in [-0.2, -0.15) is 0 Å². The Morgan fingerprint density at radius 3 is 2.00 bits per heavy atom. The highest BCUT2D eigenvalue weighted by atomic mass is 16.6. The highest BCUT2D eigenvalue weighted by Crippen LogP contribution is 2.22. The van der Waals surface area contributed by atoms with E-state index in [2.05, 4.69) is 18.8 Å². The molecule has 176 valence electrons. The van der Waals surface area contributed by atoms with Crippen molar-refractivity contribution in [1.29, 1.82) is 0 Å². The number of rotatable bonds is 14. The maximum Gasteiger partial charge on any atom is 0.363 e. The monoisotopic (exact) mass is 449 g/mol. The van der Waals surface area contributed by atoms with E-state index in [1.54, 1.807) is 6.08 Å². The van der Waals surface area contributed by atoms with Crippen LogP contribution in [0.2, 0.25) is 0 Å². The number of carbonyl (C=O) groups excluding carboxylic acids is 1. The fourth-order valence-electron chi connectivity index (χ4n) is 3.45. The molecular weight excluding hydrogens is 414 g/mol. The van der Waals surface area contributed by atoms with Crippen LogP contribution in [0, 0.1) is 0 Å². The van der Waals surface area contributed by atoms with Crippen molar-refractivity contribution < 1.29 is 19.0 Å². The number of esters is 1. The third-order valence-corrected chi connectivity index (χ3v) is 5.44. The standard InChI is InChI=1S/C28H35NO4/c1-3-5-7-8-9-10-20-32-24-15-11-22(12-16-24)21-26-28(30)33-27(29-26)23-13-17-25(18-14-23)31-19-6-4-2/h11-18,21H,3-10,19-20H2,1-2H3. The van der Waals surface area contributed by atoms with Gasteiger partial charge < -0.3 is 14.2 Å². The number of carbonyl (C=O) groups is 1. The summed E-state index contributed by atoms with van der Waals surface area (Å²) < 4.78 is 16.9. The number of benzene rings is 2. The Labute approximate surface area is 197 Å². The van der Waals surface area contributed by atoms with E-state index < -0.39 is 5.97 Å². The van der Waals surface area contributed by atoms with Gasteiger partial charge in [-0.05, 0) is 60.9 Å². The van der Waals surface area contributed by atoms with Gasteiger partial charge >= 0.3 is 5.97 Å². The molecule has 0 saturated heterocycles. The molecule has 3 rings (SSSR count). The summed E-state index contributed by atoms with van der Waals surface area (Å²) in [5, 5.41) is 0. The first kappa shape index (κ1) is 24.6. The predicted octanol–water partition coefficient (Wildman–Crippen LogP) is 6.95. The molecule has 0 saturated carbocycles. The SMILES string of the molecule is CCCCCCCCOc1ccc(C=C2N=C(c3ccc(OCCCC)cc3)OC2=O)cc1. The summed E-state index contributed by atoms with van der Waals surface area (Å²) in [5.74, 6) is 1.50. The van der Waals surface area contributed by atoms with Crippen LogP contribution in [0.3, 0.4) is 0 Å².